The summed E-state index contributed by atoms with van der Waals surface area (Å²) >= 11 is 0. The second kappa shape index (κ2) is 7.55. The lowest BCUT2D eigenvalue weighted by Crippen LogP contribution is -2.23. The molecule has 1 aromatic carbocycles. The van der Waals surface area contributed by atoms with E-state index in [4.69, 9.17) is 4.42 Å². The number of non-ortho nitro benzene ring substituents is 1. The number of rotatable bonds is 7. The minimum Gasteiger partial charge on any atom is -0.463 e. The molecule has 0 aliphatic rings. The Morgan fingerprint density at radius 1 is 1.35 bits per heavy atom. The molecule has 7 nitrogen and oxygen atoms in total. The number of nitrogens with zero attached hydrogens (tertiary/aromatic N) is 2. The topological polar surface area (TPSA) is 85.8 Å². The molecule has 23 heavy (non-hydrogen) atoms. The zero-order valence-electron chi connectivity index (χ0n) is 13.0. The third-order valence-electron chi connectivity index (χ3n) is 3.49. The SMILES string of the molecule is CCN(Cc1cccc([N+](=O)[O-])c1)Cc1ccoc1C(=O)OC. The normalized spacial score (nSPS) is 10.7. The van der Waals surface area contributed by atoms with Crippen LogP contribution in [0, 0.1) is 10.1 Å². The molecule has 1 aromatic heterocycles. The minimum atomic E-state index is -0.517. The van der Waals surface area contributed by atoms with Crippen LogP contribution < -0.4 is 0 Å². The van der Waals surface area contributed by atoms with Crippen molar-refractivity contribution in [3.63, 3.8) is 0 Å². The Morgan fingerprint density at radius 3 is 2.78 bits per heavy atom. The summed E-state index contributed by atoms with van der Waals surface area (Å²) in [6.45, 7) is 3.72. The standard InChI is InChI=1S/C16H18N2O5/c1-3-17(10-12-5-4-6-14(9-12)18(20)21)11-13-7-8-23-15(13)16(19)22-2/h4-9H,3,10-11H2,1-2H3. The number of carbonyl (C=O) groups is 1. The van der Waals surface area contributed by atoms with Gasteiger partial charge in [-0.25, -0.2) is 4.79 Å². The van der Waals surface area contributed by atoms with Crippen LogP contribution in [-0.2, 0) is 17.8 Å². The largest absolute Gasteiger partial charge is 0.463 e. The lowest BCUT2D eigenvalue weighted by Gasteiger charge is -2.20. The molecule has 0 aliphatic heterocycles. The van der Waals surface area contributed by atoms with Crippen molar-refractivity contribution in [1.82, 2.24) is 4.90 Å². The third-order valence-corrected chi connectivity index (χ3v) is 3.49. The van der Waals surface area contributed by atoms with E-state index in [0.717, 1.165) is 11.1 Å². The van der Waals surface area contributed by atoms with Gasteiger partial charge in [0.15, 0.2) is 0 Å². The predicted molar refractivity (Wildman–Crippen MR) is 82.9 cm³/mol. The maximum absolute atomic E-state index is 11.6. The van der Waals surface area contributed by atoms with E-state index in [9.17, 15) is 14.9 Å². The van der Waals surface area contributed by atoms with Gasteiger partial charge in [0.2, 0.25) is 5.76 Å². The van der Waals surface area contributed by atoms with Gasteiger partial charge in [0, 0.05) is 30.8 Å². The average molecular weight is 318 g/mol. The Bertz CT molecular complexity index is 695. The highest BCUT2D eigenvalue weighted by Crippen LogP contribution is 2.18. The summed E-state index contributed by atoms with van der Waals surface area (Å²) in [5.41, 5.74) is 1.63. The number of hydrogen-bond acceptors (Lipinski definition) is 6. The molecule has 0 radical (unpaired) electrons. The van der Waals surface area contributed by atoms with E-state index < -0.39 is 10.9 Å². The van der Waals surface area contributed by atoms with Gasteiger partial charge in [-0.2, -0.15) is 0 Å². The van der Waals surface area contributed by atoms with Crippen molar-refractivity contribution in [2.75, 3.05) is 13.7 Å². The number of benzene rings is 1. The maximum atomic E-state index is 11.6. The van der Waals surface area contributed by atoms with Crippen LogP contribution in [0.25, 0.3) is 0 Å². The number of nitro groups is 1. The molecule has 0 amide bonds. The maximum Gasteiger partial charge on any atom is 0.374 e. The Balaban J connectivity index is 2.12. The molecule has 1 heterocycles. The molecule has 0 bridgehead atoms. The lowest BCUT2D eigenvalue weighted by atomic mass is 10.1. The number of nitro benzene ring substituents is 1. The first-order valence-electron chi connectivity index (χ1n) is 7.15. The van der Waals surface area contributed by atoms with E-state index in [-0.39, 0.29) is 11.4 Å². The second-order valence-electron chi connectivity index (χ2n) is 5.00. The molecule has 2 aromatic rings. The van der Waals surface area contributed by atoms with Crippen molar-refractivity contribution >= 4 is 11.7 Å². The van der Waals surface area contributed by atoms with Crippen molar-refractivity contribution in [2.45, 2.75) is 20.0 Å². The van der Waals surface area contributed by atoms with Crippen LogP contribution in [-0.4, -0.2) is 29.4 Å². The summed E-state index contributed by atoms with van der Waals surface area (Å²) in [6.07, 6.45) is 1.45. The number of ether oxygens (including phenoxy) is 1. The summed E-state index contributed by atoms with van der Waals surface area (Å²) in [6, 6.07) is 8.25. The second-order valence-corrected chi connectivity index (χ2v) is 5.00. The molecule has 2 rings (SSSR count). The van der Waals surface area contributed by atoms with Gasteiger partial charge in [-0.3, -0.25) is 15.0 Å². The van der Waals surface area contributed by atoms with Gasteiger partial charge in [0.1, 0.15) is 0 Å². The first kappa shape index (κ1) is 16.7. The molecule has 122 valence electrons. The van der Waals surface area contributed by atoms with Crippen molar-refractivity contribution in [3.05, 3.63) is 63.6 Å². The Hall–Kier alpha value is -2.67. The number of carbonyl (C=O) groups excluding carboxylic acids is 1. The van der Waals surface area contributed by atoms with Crippen LogP contribution in [0.5, 0.6) is 0 Å². The Labute approximate surface area is 133 Å². The summed E-state index contributed by atoms with van der Waals surface area (Å²) in [5.74, 6) is -0.332. The predicted octanol–water partition coefficient (Wildman–Crippen LogP) is 3.00. The Morgan fingerprint density at radius 2 is 2.13 bits per heavy atom. The zero-order chi connectivity index (χ0) is 16.8. The van der Waals surface area contributed by atoms with E-state index in [1.807, 2.05) is 13.0 Å². The highest BCUT2D eigenvalue weighted by atomic mass is 16.6. The van der Waals surface area contributed by atoms with E-state index in [1.165, 1.54) is 19.4 Å². The molecule has 0 N–H and O–H groups in total. The van der Waals surface area contributed by atoms with Gasteiger partial charge in [-0.15, -0.1) is 0 Å². The fourth-order valence-corrected chi connectivity index (χ4v) is 2.28. The van der Waals surface area contributed by atoms with E-state index in [2.05, 4.69) is 9.64 Å². The van der Waals surface area contributed by atoms with E-state index in [1.54, 1.807) is 18.2 Å². The van der Waals surface area contributed by atoms with Gasteiger partial charge in [0.25, 0.3) is 5.69 Å². The fourth-order valence-electron chi connectivity index (χ4n) is 2.28. The van der Waals surface area contributed by atoms with Crippen molar-refractivity contribution in [2.24, 2.45) is 0 Å². The van der Waals surface area contributed by atoms with Crippen LogP contribution in [0.15, 0.2) is 41.0 Å². The molecule has 0 saturated carbocycles. The fraction of sp³-hybridized carbons (Fsp3) is 0.312. The molecule has 0 aliphatic carbocycles. The molecule has 0 unspecified atom stereocenters. The molecule has 0 saturated heterocycles. The number of furan rings is 1. The van der Waals surface area contributed by atoms with E-state index in [0.29, 0.717) is 19.6 Å². The molecule has 0 atom stereocenters. The van der Waals surface area contributed by atoms with Gasteiger partial charge in [-0.05, 0) is 18.2 Å². The monoisotopic (exact) mass is 318 g/mol. The van der Waals surface area contributed by atoms with Crippen LogP contribution >= 0.6 is 0 Å². The lowest BCUT2D eigenvalue weighted by molar-refractivity contribution is -0.384. The summed E-state index contributed by atoms with van der Waals surface area (Å²) < 4.78 is 9.86. The first-order chi connectivity index (χ1) is 11.0. The third kappa shape index (κ3) is 4.17. The highest BCUT2D eigenvalue weighted by molar-refractivity contribution is 5.87. The van der Waals surface area contributed by atoms with Crippen LogP contribution in [0.1, 0.15) is 28.6 Å². The molecular formula is C16H18N2O5. The van der Waals surface area contributed by atoms with Gasteiger partial charge < -0.3 is 9.15 Å². The number of methoxy groups -OCH3 is 1. The van der Waals surface area contributed by atoms with Crippen molar-refractivity contribution in [3.8, 4) is 0 Å². The van der Waals surface area contributed by atoms with Crippen LogP contribution in [0.4, 0.5) is 5.69 Å². The summed E-state index contributed by atoms with van der Waals surface area (Å²) in [7, 11) is 1.30. The smallest absolute Gasteiger partial charge is 0.374 e. The Kier molecular flexibility index (Phi) is 5.48. The molecular weight excluding hydrogens is 300 g/mol. The number of esters is 1. The van der Waals surface area contributed by atoms with Crippen LogP contribution in [0.2, 0.25) is 0 Å². The average Bonchev–Trinajstić information content (AvgIpc) is 3.01. The van der Waals surface area contributed by atoms with E-state index >= 15 is 0 Å². The minimum absolute atomic E-state index is 0.0668. The van der Waals surface area contributed by atoms with Gasteiger partial charge >= 0.3 is 5.97 Å². The van der Waals surface area contributed by atoms with Gasteiger partial charge in [-0.1, -0.05) is 19.1 Å². The highest BCUT2D eigenvalue weighted by Gasteiger charge is 2.18. The zero-order valence-corrected chi connectivity index (χ0v) is 13.0. The molecule has 0 fully saturated rings. The molecule has 7 heteroatoms. The summed E-state index contributed by atoms with van der Waals surface area (Å²) in [4.78, 5) is 24.1. The van der Waals surface area contributed by atoms with Crippen molar-refractivity contribution < 1.29 is 18.9 Å². The quantitative estimate of drug-likeness (QED) is 0.443. The van der Waals surface area contributed by atoms with Crippen molar-refractivity contribution in [1.29, 1.82) is 0 Å². The molecule has 0 spiro atoms. The van der Waals surface area contributed by atoms with Gasteiger partial charge in [0.05, 0.1) is 18.3 Å². The first-order valence-corrected chi connectivity index (χ1v) is 7.15. The van der Waals surface area contributed by atoms with Crippen LogP contribution in [0.3, 0.4) is 0 Å². The summed E-state index contributed by atoms with van der Waals surface area (Å²) in [5, 5.41) is 10.8. The number of hydrogen-bond donors (Lipinski definition) is 0.